The van der Waals surface area contributed by atoms with Crippen molar-refractivity contribution in [3.63, 3.8) is 0 Å². The number of nitrogens with zero attached hydrogens (tertiary/aromatic N) is 5. The van der Waals surface area contributed by atoms with Gasteiger partial charge in [-0.3, -0.25) is 9.98 Å². The Morgan fingerprint density at radius 1 is 1.41 bits per heavy atom. The second-order valence-corrected chi connectivity index (χ2v) is 10.3. The first-order valence-electron chi connectivity index (χ1n) is 11.1. The monoisotopic (exact) mass is 469 g/mol. The number of rotatable bonds is 8. The molecule has 2 aliphatic rings. The fourth-order valence-corrected chi connectivity index (χ4v) is 5.68. The predicted molar refractivity (Wildman–Crippen MR) is 138 cm³/mol. The van der Waals surface area contributed by atoms with E-state index in [4.69, 9.17) is 9.97 Å². The second-order valence-electron chi connectivity index (χ2n) is 8.29. The van der Waals surface area contributed by atoms with Crippen LogP contribution < -0.4 is 15.5 Å². The normalized spacial score (nSPS) is 16.4. The first-order chi connectivity index (χ1) is 15.6. The molecular formula is C23H31N7S2. The van der Waals surface area contributed by atoms with Crippen molar-refractivity contribution in [2.75, 3.05) is 30.4 Å². The van der Waals surface area contributed by atoms with Crippen LogP contribution in [-0.2, 0) is 19.4 Å². The Morgan fingerprint density at radius 3 is 3.09 bits per heavy atom. The summed E-state index contributed by atoms with van der Waals surface area (Å²) in [6.45, 7) is 11.9. The lowest BCUT2D eigenvalue weighted by molar-refractivity contribution is 0.640. The molecule has 2 N–H and O–H groups in total. The molecule has 9 heteroatoms. The minimum Gasteiger partial charge on any atom is -0.356 e. The molecule has 0 amide bonds. The van der Waals surface area contributed by atoms with Crippen LogP contribution in [0.5, 0.6) is 0 Å². The number of thiazole rings is 1. The van der Waals surface area contributed by atoms with E-state index >= 15 is 0 Å². The van der Waals surface area contributed by atoms with Crippen molar-refractivity contribution in [2.45, 2.75) is 39.7 Å². The van der Waals surface area contributed by atoms with E-state index in [1.54, 1.807) is 11.8 Å². The van der Waals surface area contributed by atoms with Gasteiger partial charge in [0.15, 0.2) is 5.96 Å². The molecule has 2 aromatic rings. The maximum absolute atomic E-state index is 4.90. The van der Waals surface area contributed by atoms with E-state index in [1.807, 2.05) is 28.9 Å². The molecule has 0 atom stereocenters. The summed E-state index contributed by atoms with van der Waals surface area (Å²) in [4.78, 5) is 22.1. The third kappa shape index (κ3) is 5.89. The van der Waals surface area contributed by atoms with Crippen LogP contribution in [0.15, 0.2) is 33.6 Å². The molecular weight excluding hydrogens is 438 g/mol. The van der Waals surface area contributed by atoms with Gasteiger partial charge in [-0.05, 0) is 31.2 Å². The maximum atomic E-state index is 4.90. The molecule has 0 aliphatic carbocycles. The lowest BCUT2D eigenvalue weighted by Crippen LogP contribution is -2.40. The highest BCUT2D eigenvalue weighted by atomic mass is 32.2. The summed E-state index contributed by atoms with van der Waals surface area (Å²) in [5.41, 5.74) is 2.90. The summed E-state index contributed by atoms with van der Waals surface area (Å²) < 4.78 is 0. The van der Waals surface area contributed by atoms with Crippen LogP contribution in [0, 0.1) is 5.92 Å². The summed E-state index contributed by atoms with van der Waals surface area (Å²) in [5, 5.41) is 9.83. The fraction of sp³-hybridized carbons (Fsp3) is 0.478. The van der Waals surface area contributed by atoms with Gasteiger partial charge in [-0.2, -0.15) is 0 Å². The van der Waals surface area contributed by atoms with Crippen LogP contribution in [0.3, 0.4) is 0 Å². The molecule has 0 bridgehead atoms. The van der Waals surface area contributed by atoms with Gasteiger partial charge in [-0.25, -0.2) is 9.97 Å². The number of thioether (sulfide) groups is 1. The van der Waals surface area contributed by atoms with Gasteiger partial charge in [0.05, 0.1) is 34.5 Å². The molecule has 0 saturated carbocycles. The van der Waals surface area contributed by atoms with Gasteiger partial charge < -0.3 is 15.5 Å². The summed E-state index contributed by atoms with van der Waals surface area (Å²) in [5.74, 6) is 3.19. The fourth-order valence-electron chi connectivity index (χ4n) is 3.68. The van der Waals surface area contributed by atoms with E-state index in [2.05, 4.69) is 52.1 Å². The van der Waals surface area contributed by atoms with Gasteiger partial charge in [0.25, 0.3) is 0 Å². The largest absolute Gasteiger partial charge is 0.356 e. The molecule has 2 aromatic heterocycles. The zero-order valence-corrected chi connectivity index (χ0v) is 20.4. The Kier molecular flexibility index (Phi) is 7.81. The Bertz CT molecular complexity index is 996. The molecule has 0 fully saturated rings. The molecule has 4 rings (SSSR count). The van der Waals surface area contributed by atoms with Crippen molar-refractivity contribution >= 4 is 47.3 Å². The topological polar surface area (TPSA) is 77.8 Å². The number of aromatic nitrogens is 2. The van der Waals surface area contributed by atoms with Gasteiger partial charge in [-0.1, -0.05) is 19.9 Å². The first kappa shape index (κ1) is 22.8. The molecule has 4 heterocycles. The highest BCUT2D eigenvalue weighted by Crippen LogP contribution is 2.29. The van der Waals surface area contributed by atoms with Gasteiger partial charge in [0.2, 0.25) is 0 Å². The summed E-state index contributed by atoms with van der Waals surface area (Å²) >= 11 is 3.48. The Balaban J connectivity index is 1.40. The van der Waals surface area contributed by atoms with Crippen LogP contribution >= 0.6 is 23.1 Å². The van der Waals surface area contributed by atoms with Gasteiger partial charge in [0.1, 0.15) is 5.82 Å². The van der Waals surface area contributed by atoms with Crippen molar-refractivity contribution in [1.82, 2.24) is 20.6 Å². The van der Waals surface area contributed by atoms with Crippen molar-refractivity contribution in [2.24, 2.45) is 15.9 Å². The molecule has 7 nitrogen and oxygen atoms in total. The molecule has 0 saturated heterocycles. The van der Waals surface area contributed by atoms with Crippen LogP contribution in [0.4, 0.5) is 5.82 Å². The van der Waals surface area contributed by atoms with Crippen molar-refractivity contribution < 1.29 is 0 Å². The van der Waals surface area contributed by atoms with E-state index in [-0.39, 0.29) is 0 Å². The minimum atomic E-state index is 0.633. The Morgan fingerprint density at radius 2 is 2.31 bits per heavy atom. The smallest absolute Gasteiger partial charge is 0.191 e. The number of aliphatic imine (C=N–C) groups is 2. The number of anilines is 1. The first-order valence-corrected chi connectivity index (χ1v) is 13.0. The maximum Gasteiger partial charge on any atom is 0.191 e. The number of nitrogens with one attached hydrogen (secondary N) is 2. The lowest BCUT2D eigenvalue weighted by Gasteiger charge is -2.27. The predicted octanol–water partition coefficient (Wildman–Crippen LogP) is 3.93. The third-order valence-corrected chi connectivity index (χ3v) is 7.07. The molecule has 0 aromatic carbocycles. The average Bonchev–Trinajstić information content (AvgIpc) is 3.20. The quantitative estimate of drug-likeness (QED) is 0.347. The van der Waals surface area contributed by atoms with Gasteiger partial charge in [0, 0.05) is 42.8 Å². The third-order valence-electron chi connectivity index (χ3n) is 5.26. The molecule has 0 spiro atoms. The number of hydrogen-bond acceptors (Lipinski definition) is 9. The van der Waals surface area contributed by atoms with E-state index in [9.17, 15) is 0 Å². The number of fused-ring (bicyclic) bond motifs is 1. The van der Waals surface area contributed by atoms with Crippen LogP contribution in [0.2, 0.25) is 0 Å². The number of hydrogen-bond donors (Lipinski definition) is 2. The molecule has 2 aliphatic heterocycles. The second kappa shape index (κ2) is 11.0. The van der Waals surface area contributed by atoms with Crippen molar-refractivity contribution in [3.05, 3.63) is 44.9 Å². The van der Waals surface area contributed by atoms with Crippen LogP contribution in [0.25, 0.3) is 5.70 Å². The lowest BCUT2D eigenvalue weighted by atomic mass is 10.1. The van der Waals surface area contributed by atoms with Crippen molar-refractivity contribution in [1.29, 1.82) is 0 Å². The number of pyridine rings is 1. The average molecular weight is 470 g/mol. The van der Waals surface area contributed by atoms with Crippen molar-refractivity contribution in [3.8, 4) is 0 Å². The minimum absolute atomic E-state index is 0.633. The zero-order chi connectivity index (χ0) is 22.3. The zero-order valence-electron chi connectivity index (χ0n) is 18.8. The van der Waals surface area contributed by atoms with E-state index in [0.29, 0.717) is 11.8 Å². The summed E-state index contributed by atoms with van der Waals surface area (Å²) in [6.07, 6.45) is 3.11. The molecule has 170 valence electrons. The SMILES string of the molecule is C=N/C(=C\SCNC1=NCCCN1)c1cccc(N2CCc3nc(CC(C)C)sc3C2)n1. The standard InChI is InChI=1S/C23H31N7S2/c1-16(2)12-22-29-18-8-11-30(13-20(18)32-22)21-7-4-6-17(28-21)19(24-3)14-31-15-27-23-25-9-5-10-26-23/h4,6-7,14,16H,3,5,8-13,15H2,1-2H3,(H2,25,26,27)/b19-14-. The van der Waals surface area contributed by atoms with Crippen LogP contribution in [-0.4, -0.2) is 48.2 Å². The van der Waals surface area contributed by atoms with E-state index in [1.165, 1.54) is 15.6 Å². The van der Waals surface area contributed by atoms with E-state index < -0.39 is 0 Å². The van der Waals surface area contributed by atoms with Gasteiger partial charge in [-0.15, -0.1) is 23.1 Å². The molecule has 0 unspecified atom stereocenters. The van der Waals surface area contributed by atoms with E-state index in [0.717, 1.165) is 68.6 Å². The molecule has 0 radical (unpaired) electrons. The Labute approximate surface area is 198 Å². The Hall–Kier alpha value is -2.39. The molecule has 32 heavy (non-hydrogen) atoms. The van der Waals surface area contributed by atoms with Crippen LogP contribution in [0.1, 0.15) is 41.5 Å². The highest BCUT2D eigenvalue weighted by molar-refractivity contribution is 8.02. The van der Waals surface area contributed by atoms with Gasteiger partial charge >= 0.3 is 0 Å². The summed E-state index contributed by atoms with van der Waals surface area (Å²) in [6, 6.07) is 6.12. The summed E-state index contributed by atoms with van der Waals surface area (Å²) in [7, 11) is 0. The number of guanidine groups is 1. The highest BCUT2D eigenvalue weighted by Gasteiger charge is 2.22.